The molecule has 0 aliphatic carbocycles. The van der Waals surface area contributed by atoms with Gasteiger partial charge in [-0.2, -0.15) is 13.2 Å². The third-order valence-corrected chi connectivity index (χ3v) is 3.29. The average Bonchev–Trinajstić information content (AvgIpc) is 2.39. The maximum atomic E-state index is 13.3. The van der Waals surface area contributed by atoms with Crippen molar-refractivity contribution in [3.8, 4) is 0 Å². The van der Waals surface area contributed by atoms with Crippen LogP contribution in [0.4, 0.5) is 22.0 Å². The van der Waals surface area contributed by atoms with E-state index in [4.69, 9.17) is 17.3 Å². The maximum Gasteiger partial charge on any atom is 0.416 e. The van der Waals surface area contributed by atoms with Crippen LogP contribution in [-0.2, 0) is 6.18 Å². The number of halogens is 6. The SMILES string of the molecule is NC(c1cc(F)ccc1Cl)c1cc(F)ccc1C(F)(F)F. The highest BCUT2D eigenvalue weighted by Crippen LogP contribution is 2.37. The Labute approximate surface area is 122 Å². The first-order chi connectivity index (χ1) is 9.70. The zero-order chi connectivity index (χ0) is 15.8. The smallest absolute Gasteiger partial charge is 0.320 e. The van der Waals surface area contributed by atoms with Gasteiger partial charge in [-0.25, -0.2) is 8.78 Å². The Kier molecular flexibility index (Phi) is 4.20. The average molecular weight is 322 g/mol. The van der Waals surface area contributed by atoms with Crippen LogP contribution in [-0.4, -0.2) is 0 Å². The van der Waals surface area contributed by atoms with E-state index < -0.39 is 35.0 Å². The molecule has 7 heteroatoms. The fourth-order valence-corrected chi connectivity index (χ4v) is 2.20. The number of alkyl halides is 3. The Morgan fingerprint density at radius 1 is 0.905 bits per heavy atom. The van der Waals surface area contributed by atoms with Crippen LogP contribution < -0.4 is 5.73 Å². The quantitative estimate of drug-likeness (QED) is 0.798. The molecular weight excluding hydrogens is 313 g/mol. The zero-order valence-electron chi connectivity index (χ0n) is 10.4. The van der Waals surface area contributed by atoms with Crippen LogP contribution in [0.2, 0.25) is 5.02 Å². The Morgan fingerprint density at radius 3 is 2.00 bits per heavy atom. The fourth-order valence-electron chi connectivity index (χ4n) is 1.97. The van der Waals surface area contributed by atoms with Gasteiger partial charge in [0.2, 0.25) is 0 Å². The lowest BCUT2D eigenvalue weighted by atomic mass is 9.94. The molecule has 0 radical (unpaired) electrons. The van der Waals surface area contributed by atoms with Gasteiger partial charge in [0.15, 0.2) is 0 Å². The van der Waals surface area contributed by atoms with Gasteiger partial charge in [-0.05, 0) is 47.5 Å². The van der Waals surface area contributed by atoms with Crippen LogP contribution in [0.25, 0.3) is 0 Å². The summed E-state index contributed by atoms with van der Waals surface area (Å²) in [6.07, 6.45) is -4.71. The van der Waals surface area contributed by atoms with Gasteiger partial charge in [0.1, 0.15) is 11.6 Å². The van der Waals surface area contributed by atoms with Crippen LogP contribution >= 0.6 is 11.6 Å². The minimum absolute atomic E-state index is 0.00119. The molecular formula is C14H9ClF5N. The summed E-state index contributed by atoms with van der Waals surface area (Å²) in [5.41, 5.74) is 4.10. The molecule has 2 N–H and O–H groups in total. The minimum Gasteiger partial charge on any atom is -0.320 e. The summed E-state index contributed by atoms with van der Waals surface area (Å²) in [5, 5.41) is 0.00119. The molecule has 0 aliphatic heterocycles. The third kappa shape index (κ3) is 3.33. The van der Waals surface area contributed by atoms with Gasteiger partial charge in [0.25, 0.3) is 0 Å². The van der Waals surface area contributed by atoms with E-state index in [1.165, 1.54) is 6.07 Å². The topological polar surface area (TPSA) is 26.0 Å². The normalized spacial score (nSPS) is 13.3. The molecule has 0 saturated carbocycles. The van der Waals surface area contributed by atoms with Crippen molar-refractivity contribution in [1.82, 2.24) is 0 Å². The van der Waals surface area contributed by atoms with E-state index in [0.29, 0.717) is 18.2 Å². The van der Waals surface area contributed by atoms with Crippen molar-refractivity contribution in [2.45, 2.75) is 12.2 Å². The van der Waals surface area contributed by atoms with Gasteiger partial charge >= 0.3 is 6.18 Å². The number of rotatable bonds is 2. The lowest BCUT2D eigenvalue weighted by molar-refractivity contribution is -0.138. The molecule has 112 valence electrons. The van der Waals surface area contributed by atoms with Gasteiger partial charge in [-0.3, -0.25) is 0 Å². The Balaban J connectivity index is 2.60. The highest BCUT2D eigenvalue weighted by molar-refractivity contribution is 6.31. The molecule has 1 atom stereocenters. The molecule has 0 aromatic heterocycles. The molecule has 0 fully saturated rings. The number of nitrogens with two attached hydrogens (primary N) is 1. The van der Waals surface area contributed by atoms with Gasteiger partial charge in [0.05, 0.1) is 11.6 Å². The molecule has 1 nitrogen and oxygen atoms in total. The predicted molar refractivity (Wildman–Crippen MR) is 68.8 cm³/mol. The molecule has 2 aromatic carbocycles. The van der Waals surface area contributed by atoms with Crippen molar-refractivity contribution in [1.29, 1.82) is 0 Å². The number of hydrogen-bond acceptors (Lipinski definition) is 1. The van der Waals surface area contributed by atoms with E-state index in [9.17, 15) is 22.0 Å². The molecule has 0 heterocycles. The summed E-state index contributed by atoms with van der Waals surface area (Å²) in [4.78, 5) is 0. The Hall–Kier alpha value is -1.66. The predicted octanol–water partition coefficient (Wildman–Crippen LogP) is 4.69. The van der Waals surface area contributed by atoms with Crippen LogP contribution in [0.3, 0.4) is 0 Å². The molecule has 0 spiro atoms. The summed E-state index contributed by atoms with van der Waals surface area (Å²) in [6.45, 7) is 0. The van der Waals surface area contributed by atoms with E-state index >= 15 is 0 Å². The Morgan fingerprint density at radius 2 is 1.43 bits per heavy atom. The monoisotopic (exact) mass is 321 g/mol. The first-order valence-electron chi connectivity index (χ1n) is 5.77. The molecule has 0 amide bonds. The lowest BCUT2D eigenvalue weighted by Gasteiger charge is -2.19. The first-order valence-corrected chi connectivity index (χ1v) is 6.15. The van der Waals surface area contributed by atoms with Gasteiger partial charge in [-0.1, -0.05) is 11.6 Å². The summed E-state index contributed by atoms with van der Waals surface area (Å²) in [6, 6.07) is 3.71. The highest BCUT2D eigenvalue weighted by atomic mass is 35.5. The second-order valence-electron chi connectivity index (χ2n) is 4.37. The maximum absolute atomic E-state index is 13.3. The van der Waals surface area contributed by atoms with Crippen molar-refractivity contribution in [3.63, 3.8) is 0 Å². The third-order valence-electron chi connectivity index (χ3n) is 2.95. The summed E-state index contributed by atoms with van der Waals surface area (Å²) >= 11 is 5.83. The lowest BCUT2D eigenvalue weighted by Crippen LogP contribution is -2.19. The summed E-state index contributed by atoms with van der Waals surface area (Å²) < 4.78 is 65.3. The second-order valence-corrected chi connectivity index (χ2v) is 4.78. The molecule has 2 aromatic rings. The van der Waals surface area contributed by atoms with E-state index in [0.717, 1.165) is 12.1 Å². The van der Waals surface area contributed by atoms with Gasteiger partial charge in [0, 0.05) is 5.02 Å². The van der Waals surface area contributed by atoms with Crippen LogP contribution in [0, 0.1) is 11.6 Å². The van der Waals surface area contributed by atoms with Crippen molar-refractivity contribution < 1.29 is 22.0 Å². The zero-order valence-corrected chi connectivity index (χ0v) is 11.1. The standard InChI is InChI=1S/C14H9ClF5N/c15-12-4-2-8(17)6-10(12)13(21)9-5-7(16)1-3-11(9)14(18,19)20/h1-6,13H,21H2. The minimum atomic E-state index is -4.71. The molecule has 0 saturated heterocycles. The molecule has 2 rings (SSSR count). The summed E-state index contributed by atoms with van der Waals surface area (Å²) in [7, 11) is 0. The van der Waals surface area contributed by atoms with E-state index in [1.54, 1.807) is 0 Å². The molecule has 0 bridgehead atoms. The van der Waals surface area contributed by atoms with Crippen molar-refractivity contribution >= 4 is 11.6 Å². The van der Waals surface area contributed by atoms with Crippen molar-refractivity contribution in [2.24, 2.45) is 5.73 Å². The van der Waals surface area contributed by atoms with E-state index in [2.05, 4.69) is 0 Å². The molecule has 1 unspecified atom stereocenters. The van der Waals surface area contributed by atoms with Crippen molar-refractivity contribution in [3.05, 3.63) is 69.7 Å². The molecule has 21 heavy (non-hydrogen) atoms. The number of benzene rings is 2. The Bertz CT molecular complexity index is 669. The van der Waals surface area contributed by atoms with Gasteiger partial charge in [-0.15, -0.1) is 0 Å². The number of hydrogen-bond donors (Lipinski definition) is 1. The van der Waals surface area contributed by atoms with Gasteiger partial charge < -0.3 is 5.73 Å². The molecule has 0 aliphatic rings. The van der Waals surface area contributed by atoms with Crippen LogP contribution in [0.1, 0.15) is 22.7 Å². The van der Waals surface area contributed by atoms with Crippen LogP contribution in [0.5, 0.6) is 0 Å². The van der Waals surface area contributed by atoms with E-state index in [-0.39, 0.29) is 10.6 Å². The van der Waals surface area contributed by atoms with Crippen molar-refractivity contribution in [2.75, 3.05) is 0 Å². The summed E-state index contributed by atoms with van der Waals surface area (Å²) in [5.74, 6) is -1.57. The largest absolute Gasteiger partial charge is 0.416 e. The highest BCUT2D eigenvalue weighted by Gasteiger charge is 2.35. The fraction of sp³-hybridized carbons (Fsp3) is 0.143. The van der Waals surface area contributed by atoms with E-state index in [1.807, 2.05) is 0 Å². The first kappa shape index (κ1) is 15.7. The van der Waals surface area contributed by atoms with Crippen LogP contribution in [0.15, 0.2) is 36.4 Å². The second kappa shape index (κ2) is 5.61.